The Hall–Kier alpha value is -3.59. The van der Waals surface area contributed by atoms with Gasteiger partial charge in [0, 0.05) is 35.7 Å². The SMILES string of the molecule is Cc1ccsc1CN(Cc1ccc(F)cc1)C(=O)CN(CC(C)C)C(=O)c1ccc([N+](=O)[O-])cc1. The van der Waals surface area contributed by atoms with E-state index in [2.05, 4.69) is 0 Å². The maximum atomic E-state index is 13.5. The highest BCUT2D eigenvalue weighted by Gasteiger charge is 2.24. The first-order chi connectivity index (χ1) is 16.6. The molecule has 3 rings (SSSR count). The lowest BCUT2D eigenvalue weighted by Gasteiger charge is -2.29. The summed E-state index contributed by atoms with van der Waals surface area (Å²) in [6, 6.07) is 13.4. The Morgan fingerprint density at radius 3 is 2.20 bits per heavy atom. The fraction of sp³-hybridized carbons (Fsp3) is 0.308. The number of aryl methyl sites for hydroxylation is 1. The fourth-order valence-electron chi connectivity index (χ4n) is 3.61. The molecule has 0 radical (unpaired) electrons. The maximum absolute atomic E-state index is 13.5. The van der Waals surface area contributed by atoms with Crippen LogP contribution in [0.3, 0.4) is 0 Å². The molecule has 1 aromatic heterocycles. The first kappa shape index (κ1) is 26.0. The van der Waals surface area contributed by atoms with Crippen LogP contribution in [0.2, 0.25) is 0 Å². The molecule has 0 N–H and O–H groups in total. The zero-order chi connectivity index (χ0) is 25.5. The van der Waals surface area contributed by atoms with Crippen LogP contribution in [0.15, 0.2) is 60.0 Å². The average molecular weight is 498 g/mol. The van der Waals surface area contributed by atoms with Crippen molar-refractivity contribution in [3.05, 3.63) is 97.5 Å². The molecule has 0 spiro atoms. The Bertz CT molecular complexity index is 1180. The topological polar surface area (TPSA) is 83.8 Å². The van der Waals surface area contributed by atoms with Gasteiger partial charge in [0.25, 0.3) is 11.6 Å². The van der Waals surface area contributed by atoms with E-state index >= 15 is 0 Å². The van der Waals surface area contributed by atoms with Crippen molar-refractivity contribution in [3.8, 4) is 0 Å². The number of non-ortho nitro benzene ring substituents is 1. The lowest BCUT2D eigenvalue weighted by atomic mass is 10.1. The molecule has 9 heteroatoms. The highest BCUT2D eigenvalue weighted by atomic mass is 32.1. The van der Waals surface area contributed by atoms with Crippen LogP contribution in [0.25, 0.3) is 0 Å². The van der Waals surface area contributed by atoms with Crippen molar-refractivity contribution in [1.82, 2.24) is 9.80 Å². The van der Waals surface area contributed by atoms with Crippen LogP contribution in [0.5, 0.6) is 0 Å². The monoisotopic (exact) mass is 497 g/mol. The predicted molar refractivity (Wildman–Crippen MR) is 134 cm³/mol. The molecule has 7 nitrogen and oxygen atoms in total. The summed E-state index contributed by atoms with van der Waals surface area (Å²) in [6.07, 6.45) is 0. The molecular weight excluding hydrogens is 469 g/mol. The van der Waals surface area contributed by atoms with E-state index < -0.39 is 4.92 Å². The number of hydrogen-bond acceptors (Lipinski definition) is 5. The van der Waals surface area contributed by atoms with Crippen LogP contribution in [-0.2, 0) is 17.9 Å². The zero-order valence-corrected chi connectivity index (χ0v) is 20.8. The first-order valence-electron chi connectivity index (χ1n) is 11.2. The molecule has 0 unspecified atom stereocenters. The first-order valence-corrected chi connectivity index (χ1v) is 12.1. The lowest BCUT2D eigenvalue weighted by Crippen LogP contribution is -2.43. The third-order valence-electron chi connectivity index (χ3n) is 5.47. The second-order valence-corrected chi connectivity index (χ2v) is 9.79. The molecule has 0 aliphatic heterocycles. The predicted octanol–water partition coefficient (Wildman–Crippen LogP) is 5.43. The summed E-state index contributed by atoms with van der Waals surface area (Å²) in [7, 11) is 0. The van der Waals surface area contributed by atoms with Gasteiger partial charge < -0.3 is 9.80 Å². The van der Waals surface area contributed by atoms with Gasteiger partial charge in [0.2, 0.25) is 5.91 Å². The van der Waals surface area contributed by atoms with Crippen LogP contribution in [-0.4, -0.2) is 39.6 Å². The number of thiophene rings is 1. The van der Waals surface area contributed by atoms with Crippen molar-refractivity contribution in [3.63, 3.8) is 0 Å². The number of hydrogen-bond donors (Lipinski definition) is 0. The Balaban J connectivity index is 1.83. The normalized spacial score (nSPS) is 10.9. The fourth-order valence-corrected chi connectivity index (χ4v) is 4.53. The molecule has 35 heavy (non-hydrogen) atoms. The molecule has 3 aromatic rings. The van der Waals surface area contributed by atoms with E-state index in [0.717, 1.165) is 16.0 Å². The Kier molecular flexibility index (Phi) is 8.70. The number of amides is 2. The van der Waals surface area contributed by atoms with Crippen molar-refractivity contribution in [2.45, 2.75) is 33.9 Å². The second-order valence-electron chi connectivity index (χ2n) is 8.79. The van der Waals surface area contributed by atoms with Gasteiger partial charge >= 0.3 is 0 Å². The van der Waals surface area contributed by atoms with Crippen LogP contribution in [0.4, 0.5) is 10.1 Å². The number of benzene rings is 2. The highest BCUT2D eigenvalue weighted by Crippen LogP contribution is 2.21. The van der Waals surface area contributed by atoms with Crippen LogP contribution in [0, 0.1) is 28.8 Å². The molecule has 0 saturated carbocycles. The van der Waals surface area contributed by atoms with Crippen LogP contribution < -0.4 is 0 Å². The van der Waals surface area contributed by atoms with Crippen molar-refractivity contribution in [2.75, 3.05) is 13.1 Å². The average Bonchev–Trinajstić information content (AvgIpc) is 3.23. The molecule has 1 heterocycles. The quantitative estimate of drug-likeness (QED) is 0.276. The minimum absolute atomic E-state index is 0.106. The smallest absolute Gasteiger partial charge is 0.269 e. The van der Waals surface area contributed by atoms with E-state index in [4.69, 9.17) is 0 Å². The Labute approximate surface area is 207 Å². The number of carbonyl (C=O) groups excluding carboxylic acids is 2. The van der Waals surface area contributed by atoms with Crippen molar-refractivity contribution < 1.29 is 18.9 Å². The third-order valence-corrected chi connectivity index (χ3v) is 6.47. The largest absolute Gasteiger partial charge is 0.332 e. The number of carbonyl (C=O) groups is 2. The second kappa shape index (κ2) is 11.7. The Morgan fingerprint density at radius 2 is 1.66 bits per heavy atom. The van der Waals surface area contributed by atoms with Gasteiger partial charge in [-0.15, -0.1) is 11.3 Å². The molecule has 184 valence electrons. The van der Waals surface area contributed by atoms with Gasteiger partial charge in [0.05, 0.1) is 11.5 Å². The minimum Gasteiger partial charge on any atom is -0.332 e. The summed E-state index contributed by atoms with van der Waals surface area (Å²) in [5.41, 5.74) is 2.03. The molecule has 0 aliphatic carbocycles. The number of nitro groups is 1. The van der Waals surface area contributed by atoms with E-state index in [1.807, 2.05) is 32.2 Å². The van der Waals surface area contributed by atoms with Crippen molar-refractivity contribution >= 4 is 28.8 Å². The molecule has 0 atom stereocenters. The summed E-state index contributed by atoms with van der Waals surface area (Å²) >= 11 is 1.56. The van der Waals surface area contributed by atoms with Gasteiger partial charge in [-0.1, -0.05) is 26.0 Å². The standard InChI is InChI=1S/C26H28FN3O4S/c1-18(2)14-29(26(32)21-6-10-23(11-7-21)30(33)34)17-25(31)28(16-24-19(3)12-13-35-24)15-20-4-8-22(27)9-5-20/h4-13,18H,14-17H2,1-3H3. The maximum Gasteiger partial charge on any atom is 0.269 e. The summed E-state index contributed by atoms with van der Waals surface area (Å²) in [5, 5.41) is 12.9. The molecule has 0 fully saturated rings. The number of rotatable bonds is 10. The van der Waals surface area contributed by atoms with Gasteiger partial charge in [0.15, 0.2) is 0 Å². The summed E-state index contributed by atoms with van der Waals surface area (Å²) < 4.78 is 13.4. The van der Waals surface area contributed by atoms with E-state index in [0.29, 0.717) is 13.1 Å². The molecule has 2 amide bonds. The van der Waals surface area contributed by atoms with Crippen molar-refractivity contribution in [2.24, 2.45) is 5.92 Å². The summed E-state index contributed by atoms with van der Waals surface area (Å²) in [5.74, 6) is -0.846. The molecular formula is C26H28FN3O4S. The lowest BCUT2D eigenvalue weighted by molar-refractivity contribution is -0.384. The van der Waals surface area contributed by atoms with Crippen LogP contribution in [0.1, 0.15) is 40.2 Å². The van der Waals surface area contributed by atoms with Gasteiger partial charge in [-0.2, -0.15) is 0 Å². The summed E-state index contributed by atoms with van der Waals surface area (Å²) in [6.45, 7) is 6.75. The van der Waals surface area contributed by atoms with Gasteiger partial charge in [-0.3, -0.25) is 19.7 Å². The number of nitrogens with zero attached hydrogens (tertiary/aromatic N) is 3. The molecule has 0 aliphatic rings. The van der Waals surface area contributed by atoms with E-state index in [1.54, 1.807) is 28.4 Å². The summed E-state index contributed by atoms with van der Waals surface area (Å²) in [4.78, 5) is 41.3. The molecule has 0 bridgehead atoms. The van der Waals surface area contributed by atoms with E-state index in [9.17, 15) is 24.1 Å². The molecule has 2 aromatic carbocycles. The van der Waals surface area contributed by atoms with Crippen LogP contribution >= 0.6 is 11.3 Å². The molecule has 0 saturated heterocycles. The van der Waals surface area contributed by atoms with E-state index in [-0.39, 0.29) is 47.9 Å². The Morgan fingerprint density at radius 1 is 1.00 bits per heavy atom. The highest BCUT2D eigenvalue weighted by molar-refractivity contribution is 7.10. The van der Waals surface area contributed by atoms with E-state index in [1.165, 1.54) is 41.3 Å². The van der Waals surface area contributed by atoms with Gasteiger partial charge in [-0.25, -0.2) is 4.39 Å². The van der Waals surface area contributed by atoms with Gasteiger partial charge in [0.1, 0.15) is 12.4 Å². The minimum atomic E-state index is -0.524. The third kappa shape index (κ3) is 7.19. The zero-order valence-electron chi connectivity index (χ0n) is 19.9. The van der Waals surface area contributed by atoms with Gasteiger partial charge in [-0.05, 0) is 59.7 Å². The van der Waals surface area contributed by atoms with Crippen molar-refractivity contribution in [1.29, 1.82) is 0 Å². The number of halogens is 1. The number of nitro benzene ring substituents is 1.